The third kappa shape index (κ3) is 5.12. The third-order valence-electron chi connectivity index (χ3n) is 4.51. The zero-order valence-electron chi connectivity index (χ0n) is 15.9. The fourth-order valence-electron chi connectivity index (χ4n) is 3.09. The maximum Gasteiger partial charge on any atom is 0.269 e. The Labute approximate surface area is 163 Å². The summed E-state index contributed by atoms with van der Waals surface area (Å²) in [4.78, 5) is 32.9. The first kappa shape index (κ1) is 19.5. The van der Waals surface area contributed by atoms with Gasteiger partial charge in [0.2, 0.25) is 11.8 Å². The van der Waals surface area contributed by atoms with E-state index in [2.05, 4.69) is 9.97 Å². The number of likely N-dealkylation sites (tertiary alicyclic amines) is 1. The largest absolute Gasteiger partial charge is 0.474 e. The van der Waals surface area contributed by atoms with Crippen molar-refractivity contribution in [3.05, 3.63) is 63.6 Å². The number of rotatable bonds is 5. The minimum absolute atomic E-state index is 0.0244. The normalized spacial score (nSPS) is 15.0. The van der Waals surface area contributed by atoms with E-state index in [1.54, 1.807) is 23.1 Å². The van der Waals surface area contributed by atoms with Gasteiger partial charge in [-0.15, -0.1) is 0 Å². The van der Waals surface area contributed by atoms with Gasteiger partial charge in [-0.05, 0) is 37.6 Å². The molecule has 2 aromatic rings. The Bertz CT molecular complexity index is 867. The van der Waals surface area contributed by atoms with Gasteiger partial charge in [0.25, 0.3) is 5.69 Å². The molecule has 1 aliphatic heterocycles. The lowest BCUT2D eigenvalue weighted by Crippen LogP contribution is -2.41. The van der Waals surface area contributed by atoms with Gasteiger partial charge in [-0.1, -0.05) is 0 Å². The zero-order chi connectivity index (χ0) is 20.1. The van der Waals surface area contributed by atoms with Crippen LogP contribution in [0, 0.1) is 24.0 Å². The van der Waals surface area contributed by atoms with Crippen LogP contribution in [0.2, 0.25) is 0 Å². The number of nitrogens with zero attached hydrogens (tertiary/aromatic N) is 4. The molecule has 0 spiro atoms. The van der Waals surface area contributed by atoms with Crippen LogP contribution in [0.1, 0.15) is 29.9 Å². The van der Waals surface area contributed by atoms with Gasteiger partial charge >= 0.3 is 0 Å². The molecule has 2 heterocycles. The van der Waals surface area contributed by atoms with E-state index in [1.165, 1.54) is 18.2 Å². The Morgan fingerprint density at radius 2 is 1.89 bits per heavy atom. The number of carbonyl (C=O) groups is 1. The second-order valence-corrected chi connectivity index (χ2v) is 6.72. The van der Waals surface area contributed by atoms with Gasteiger partial charge in [0, 0.05) is 55.9 Å². The summed E-state index contributed by atoms with van der Waals surface area (Å²) in [5.41, 5.74) is 1.64. The van der Waals surface area contributed by atoms with Crippen molar-refractivity contribution in [3.63, 3.8) is 0 Å². The van der Waals surface area contributed by atoms with Crippen LogP contribution in [0.3, 0.4) is 0 Å². The van der Waals surface area contributed by atoms with Crippen LogP contribution >= 0.6 is 0 Å². The van der Waals surface area contributed by atoms with Crippen LogP contribution in [0.4, 0.5) is 5.69 Å². The van der Waals surface area contributed by atoms with E-state index in [4.69, 9.17) is 4.74 Å². The van der Waals surface area contributed by atoms with E-state index in [-0.39, 0.29) is 17.7 Å². The minimum atomic E-state index is -0.449. The number of piperidine rings is 1. The van der Waals surface area contributed by atoms with E-state index >= 15 is 0 Å². The van der Waals surface area contributed by atoms with Crippen molar-refractivity contribution in [2.45, 2.75) is 32.8 Å². The first-order valence-corrected chi connectivity index (χ1v) is 9.11. The van der Waals surface area contributed by atoms with Gasteiger partial charge in [0.15, 0.2) is 0 Å². The smallest absolute Gasteiger partial charge is 0.269 e. The number of hydrogen-bond donors (Lipinski definition) is 0. The fourth-order valence-corrected chi connectivity index (χ4v) is 3.09. The molecule has 1 aromatic carbocycles. The Morgan fingerprint density at radius 1 is 1.21 bits per heavy atom. The maximum absolute atomic E-state index is 12.4. The van der Waals surface area contributed by atoms with E-state index in [0.717, 1.165) is 24.1 Å². The minimum Gasteiger partial charge on any atom is -0.474 e. The second-order valence-electron chi connectivity index (χ2n) is 6.72. The molecule has 0 radical (unpaired) electrons. The summed E-state index contributed by atoms with van der Waals surface area (Å²) in [6, 6.07) is 7.89. The van der Waals surface area contributed by atoms with Gasteiger partial charge in [-0.3, -0.25) is 14.9 Å². The van der Waals surface area contributed by atoms with Crippen LogP contribution in [-0.2, 0) is 4.79 Å². The Hall–Kier alpha value is -3.29. The predicted molar refractivity (Wildman–Crippen MR) is 104 cm³/mol. The van der Waals surface area contributed by atoms with Crippen LogP contribution in [0.15, 0.2) is 36.4 Å². The molecule has 1 fully saturated rings. The molecule has 0 saturated carbocycles. The van der Waals surface area contributed by atoms with E-state index in [1.807, 2.05) is 19.9 Å². The average Bonchev–Trinajstić information content (AvgIpc) is 2.66. The molecule has 3 rings (SSSR count). The molecule has 1 amide bonds. The van der Waals surface area contributed by atoms with Crippen molar-refractivity contribution in [1.29, 1.82) is 0 Å². The highest BCUT2D eigenvalue weighted by Crippen LogP contribution is 2.19. The van der Waals surface area contributed by atoms with Crippen LogP contribution in [-0.4, -0.2) is 44.9 Å². The number of aromatic nitrogens is 2. The van der Waals surface area contributed by atoms with Gasteiger partial charge in [-0.25, -0.2) is 4.98 Å². The van der Waals surface area contributed by atoms with Crippen molar-refractivity contribution in [3.8, 4) is 5.88 Å². The first-order chi connectivity index (χ1) is 13.4. The van der Waals surface area contributed by atoms with Crippen molar-refractivity contribution >= 4 is 17.7 Å². The molecule has 8 heteroatoms. The number of ether oxygens (including phenoxy) is 1. The number of amides is 1. The summed E-state index contributed by atoms with van der Waals surface area (Å²) in [5, 5.41) is 10.7. The number of hydrogen-bond acceptors (Lipinski definition) is 6. The predicted octanol–water partition coefficient (Wildman–Crippen LogP) is 3.08. The first-order valence-electron chi connectivity index (χ1n) is 9.11. The average molecular weight is 382 g/mol. The molecule has 8 nitrogen and oxygen atoms in total. The molecule has 0 bridgehead atoms. The molecule has 0 aliphatic carbocycles. The van der Waals surface area contributed by atoms with Crippen LogP contribution in [0.5, 0.6) is 5.88 Å². The molecule has 0 unspecified atom stereocenters. The number of nitro groups is 1. The summed E-state index contributed by atoms with van der Waals surface area (Å²) in [7, 11) is 0. The van der Waals surface area contributed by atoms with Crippen molar-refractivity contribution in [2.24, 2.45) is 0 Å². The highest BCUT2D eigenvalue weighted by Gasteiger charge is 2.23. The summed E-state index contributed by atoms with van der Waals surface area (Å²) in [5.74, 6) is 1.18. The number of benzene rings is 1. The molecule has 1 aliphatic rings. The lowest BCUT2D eigenvalue weighted by molar-refractivity contribution is -0.384. The number of carbonyl (C=O) groups excluding carboxylic acids is 1. The van der Waals surface area contributed by atoms with Gasteiger partial charge in [0.05, 0.1) is 4.92 Å². The van der Waals surface area contributed by atoms with Gasteiger partial charge in [0.1, 0.15) is 11.9 Å². The topological polar surface area (TPSA) is 98.5 Å². The quantitative estimate of drug-likeness (QED) is 0.448. The molecular formula is C20H22N4O4. The Kier molecular flexibility index (Phi) is 5.98. The van der Waals surface area contributed by atoms with Crippen molar-refractivity contribution in [1.82, 2.24) is 14.9 Å². The number of aryl methyl sites for hydroxylation is 2. The summed E-state index contributed by atoms with van der Waals surface area (Å²) in [6.07, 6.45) is 4.66. The Balaban J connectivity index is 1.51. The number of nitro benzene ring substituents is 1. The standard InChI is InChI=1S/C20H22N4O4/c1-14-13-19(22-15(2)21-14)28-18-9-11-23(12-10-18)20(25)8-5-16-3-6-17(7-4-16)24(26)27/h3-8,13,18H,9-12H2,1-2H3/b8-5+. The van der Waals surface area contributed by atoms with E-state index < -0.39 is 4.92 Å². The van der Waals surface area contributed by atoms with Gasteiger partial charge in [-0.2, -0.15) is 4.98 Å². The lowest BCUT2D eigenvalue weighted by atomic mass is 10.1. The fraction of sp³-hybridized carbons (Fsp3) is 0.350. The molecule has 0 atom stereocenters. The van der Waals surface area contributed by atoms with Crippen LogP contribution < -0.4 is 4.74 Å². The SMILES string of the molecule is Cc1cc(OC2CCN(C(=O)/C=C/c3ccc([N+](=O)[O-])cc3)CC2)nc(C)n1. The highest BCUT2D eigenvalue weighted by molar-refractivity contribution is 5.91. The van der Waals surface area contributed by atoms with Crippen molar-refractivity contribution in [2.75, 3.05) is 13.1 Å². The summed E-state index contributed by atoms with van der Waals surface area (Å²) in [6.45, 7) is 4.95. The highest BCUT2D eigenvalue weighted by atomic mass is 16.6. The van der Waals surface area contributed by atoms with E-state index in [0.29, 0.717) is 24.8 Å². The zero-order valence-corrected chi connectivity index (χ0v) is 15.9. The second kappa shape index (κ2) is 8.60. The monoisotopic (exact) mass is 382 g/mol. The third-order valence-corrected chi connectivity index (χ3v) is 4.51. The van der Waals surface area contributed by atoms with Crippen LogP contribution in [0.25, 0.3) is 6.08 Å². The summed E-state index contributed by atoms with van der Waals surface area (Å²) < 4.78 is 5.94. The number of non-ortho nitro benzene ring substituents is 1. The molecular weight excluding hydrogens is 360 g/mol. The van der Waals surface area contributed by atoms with Gasteiger partial charge < -0.3 is 9.64 Å². The molecule has 146 valence electrons. The summed E-state index contributed by atoms with van der Waals surface area (Å²) >= 11 is 0. The lowest BCUT2D eigenvalue weighted by Gasteiger charge is -2.31. The molecule has 1 saturated heterocycles. The molecule has 0 N–H and O–H groups in total. The Morgan fingerprint density at radius 3 is 2.50 bits per heavy atom. The van der Waals surface area contributed by atoms with E-state index in [9.17, 15) is 14.9 Å². The maximum atomic E-state index is 12.4. The molecule has 1 aromatic heterocycles. The van der Waals surface area contributed by atoms with Crippen molar-refractivity contribution < 1.29 is 14.5 Å². The molecule has 28 heavy (non-hydrogen) atoms.